The second kappa shape index (κ2) is 7.99. The molecule has 5 rings (SSSR count). The molecule has 2 bridgehead atoms. The summed E-state index contributed by atoms with van der Waals surface area (Å²) in [5, 5.41) is 1.27. The molecule has 2 saturated heterocycles. The van der Waals surface area contributed by atoms with Crippen LogP contribution in [0.25, 0.3) is 10.9 Å². The van der Waals surface area contributed by atoms with Crippen molar-refractivity contribution >= 4 is 22.5 Å². The van der Waals surface area contributed by atoms with Crippen LogP contribution in [0.5, 0.6) is 0 Å². The molecule has 160 valence electrons. The van der Waals surface area contributed by atoms with Crippen molar-refractivity contribution in [3.8, 4) is 0 Å². The van der Waals surface area contributed by atoms with E-state index in [-0.39, 0.29) is 5.91 Å². The van der Waals surface area contributed by atoms with Gasteiger partial charge >= 0.3 is 0 Å². The molecule has 1 aromatic heterocycles. The minimum absolute atomic E-state index is 0.137. The Hall–Kier alpha value is -2.88. The first-order chi connectivity index (χ1) is 15.1. The Morgan fingerprint density at radius 3 is 2.35 bits per heavy atom. The number of hydrogen-bond acceptors (Lipinski definition) is 3. The lowest BCUT2D eigenvalue weighted by Crippen LogP contribution is -2.51. The largest absolute Gasteiger partial charge is 0.365 e. The van der Waals surface area contributed by atoms with Crippen LogP contribution in [0, 0.1) is 6.92 Å². The van der Waals surface area contributed by atoms with Crippen LogP contribution in [0.2, 0.25) is 0 Å². The minimum Gasteiger partial charge on any atom is -0.365 e. The van der Waals surface area contributed by atoms with Crippen LogP contribution in [-0.2, 0) is 6.42 Å². The van der Waals surface area contributed by atoms with Crippen molar-refractivity contribution in [1.29, 1.82) is 0 Å². The number of fused-ring (bicyclic) bond motifs is 3. The Morgan fingerprint density at radius 1 is 1.03 bits per heavy atom. The monoisotopic (exact) mass is 413 g/mol. The van der Waals surface area contributed by atoms with Crippen molar-refractivity contribution in [1.82, 2.24) is 9.88 Å². The fraction of sp³-hybridized carbons (Fsp3) is 0.407. The van der Waals surface area contributed by atoms with Crippen molar-refractivity contribution in [2.24, 2.45) is 0 Å². The van der Waals surface area contributed by atoms with Crippen LogP contribution in [0.15, 0.2) is 54.6 Å². The molecule has 1 amide bonds. The Balaban J connectivity index is 1.47. The number of pyridine rings is 1. The fourth-order valence-electron chi connectivity index (χ4n) is 5.85. The van der Waals surface area contributed by atoms with Crippen LogP contribution in [0.3, 0.4) is 0 Å². The third-order valence-corrected chi connectivity index (χ3v) is 7.38. The molecule has 2 aromatic carbocycles. The van der Waals surface area contributed by atoms with Gasteiger partial charge in [-0.2, -0.15) is 0 Å². The van der Waals surface area contributed by atoms with Gasteiger partial charge in [-0.15, -0.1) is 0 Å². The van der Waals surface area contributed by atoms with Crippen molar-refractivity contribution in [2.75, 3.05) is 11.9 Å². The molecule has 0 N–H and O–H groups in total. The number of para-hydroxylation sites is 1. The number of amides is 1. The molecule has 0 aliphatic carbocycles. The van der Waals surface area contributed by atoms with Crippen LogP contribution < -0.4 is 4.90 Å². The number of benzene rings is 2. The summed E-state index contributed by atoms with van der Waals surface area (Å²) in [7, 11) is 1.98. The van der Waals surface area contributed by atoms with Crippen LogP contribution in [0.4, 0.5) is 5.69 Å². The van der Waals surface area contributed by atoms with Crippen molar-refractivity contribution in [2.45, 2.75) is 64.1 Å². The molecule has 2 unspecified atom stereocenters. The summed E-state index contributed by atoms with van der Waals surface area (Å²) >= 11 is 0. The average molecular weight is 414 g/mol. The molecule has 3 aromatic rings. The van der Waals surface area contributed by atoms with E-state index in [9.17, 15) is 4.79 Å². The summed E-state index contributed by atoms with van der Waals surface area (Å²) in [6.45, 7) is 4.39. The summed E-state index contributed by atoms with van der Waals surface area (Å²) in [4.78, 5) is 22.6. The lowest BCUT2D eigenvalue weighted by atomic mass is 9.92. The van der Waals surface area contributed by atoms with E-state index in [1.54, 1.807) is 0 Å². The van der Waals surface area contributed by atoms with E-state index in [0.29, 0.717) is 18.1 Å². The van der Waals surface area contributed by atoms with Gasteiger partial charge in [0.25, 0.3) is 5.91 Å². The molecule has 4 heteroatoms. The Bertz CT molecular complexity index is 1100. The zero-order valence-corrected chi connectivity index (χ0v) is 18.7. The second-order valence-electron chi connectivity index (χ2n) is 9.09. The van der Waals surface area contributed by atoms with E-state index < -0.39 is 0 Å². The van der Waals surface area contributed by atoms with Crippen LogP contribution >= 0.6 is 0 Å². The normalized spacial score (nSPS) is 22.7. The molecule has 0 spiro atoms. The number of carbonyl (C=O) groups excluding carboxylic acids is 1. The lowest BCUT2D eigenvalue weighted by molar-refractivity contribution is 0.0693. The van der Waals surface area contributed by atoms with E-state index in [2.05, 4.69) is 43.0 Å². The minimum atomic E-state index is 0.137. The highest BCUT2D eigenvalue weighted by Gasteiger charge is 2.44. The summed E-state index contributed by atoms with van der Waals surface area (Å²) in [5.74, 6) is 0.137. The van der Waals surface area contributed by atoms with Gasteiger partial charge in [-0.1, -0.05) is 43.3 Å². The summed E-state index contributed by atoms with van der Waals surface area (Å²) in [6, 6.07) is 19.5. The SMILES string of the molecule is CCc1c(C)nc2ccccc2c1N1C2CCC1CC(N(C)C(=O)c1ccccc1)C2. The van der Waals surface area contributed by atoms with Crippen molar-refractivity contribution < 1.29 is 4.79 Å². The number of piperidine rings is 1. The van der Waals surface area contributed by atoms with Gasteiger partial charge in [0.2, 0.25) is 0 Å². The first-order valence-corrected chi connectivity index (χ1v) is 11.6. The van der Waals surface area contributed by atoms with Gasteiger partial charge in [-0.3, -0.25) is 9.78 Å². The maximum atomic E-state index is 13.1. The van der Waals surface area contributed by atoms with E-state index in [0.717, 1.165) is 36.0 Å². The fourth-order valence-corrected chi connectivity index (χ4v) is 5.85. The van der Waals surface area contributed by atoms with E-state index in [4.69, 9.17) is 4.98 Å². The van der Waals surface area contributed by atoms with E-state index in [1.165, 1.54) is 29.5 Å². The van der Waals surface area contributed by atoms with Crippen molar-refractivity contribution in [3.05, 3.63) is 71.4 Å². The first kappa shape index (κ1) is 20.0. The van der Waals surface area contributed by atoms with Gasteiger partial charge in [0.1, 0.15) is 0 Å². The Kier molecular flexibility index (Phi) is 5.17. The number of hydrogen-bond donors (Lipinski definition) is 0. The van der Waals surface area contributed by atoms with Crippen molar-refractivity contribution in [3.63, 3.8) is 0 Å². The number of carbonyl (C=O) groups is 1. The molecule has 4 nitrogen and oxygen atoms in total. The molecule has 31 heavy (non-hydrogen) atoms. The topological polar surface area (TPSA) is 36.4 Å². The Labute approximate surface area is 184 Å². The molecule has 2 aliphatic rings. The highest BCUT2D eigenvalue weighted by atomic mass is 16.2. The molecular weight excluding hydrogens is 382 g/mol. The molecular formula is C27H31N3O. The highest BCUT2D eigenvalue weighted by Crippen LogP contribution is 2.45. The predicted octanol–water partition coefficient (Wildman–Crippen LogP) is 5.38. The zero-order chi connectivity index (χ0) is 21.5. The smallest absolute Gasteiger partial charge is 0.253 e. The number of rotatable bonds is 4. The van der Waals surface area contributed by atoms with E-state index in [1.807, 2.05) is 42.3 Å². The summed E-state index contributed by atoms with van der Waals surface area (Å²) < 4.78 is 0. The molecule has 0 radical (unpaired) electrons. The number of nitrogens with zero attached hydrogens (tertiary/aromatic N) is 3. The summed E-state index contributed by atoms with van der Waals surface area (Å²) in [6.07, 6.45) is 5.46. The highest BCUT2D eigenvalue weighted by molar-refractivity contribution is 5.95. The Morgan fingerprint density at radius 2 is 1.68 bits per heavy atom. The van der Waals surface area contributed by atoms with Crippen LogP contribution in [0.1, 0.15) is 54.2 Å². The van der Waals surface area contributed by atoms with E-state index >= 15 is 0 Å². The summed E-state index contributed by atoms with van der Waals surface area (Å²) in [5.41, 5.74) is 5.79. The standard InChI is InChI=1S/C27H31N3O/c1-4-23-18(2)28-25-13-9-8-12-24(25)26(23)30-20-14-15-21(30)17-22(16-20)29(3)27(31)19-10-6-5-7-11-19/h5-13,20-22H,4,14-17H2,1-3H3. The number of aromatic nitrogens is 1. The van der Waals surface area contributed by atoms with Crippen LogP contribution in [-0.4, -0.2) is 41.0 Å². The molecule has 2 aliphatic heterocycles. The van der Waals surface area contributed by atoms with Gasteiger partial charge in [-0.05, 0) is 62.8 Å². The molecule has 0 saturated carbocycles. The first-order valence-electron chi connectivity index (χ1n) is 11.6. The van der Waals surface area contributed by atoms with Gasteiger partial charge in [0, 0.05) is 41.8 Å². The molecule has 2 fully saturated rings. The lowest BCUT2D eigenvalue weighted by Gasteiger charge is -2.44. The van der Waals surface area contributed by atoms with Gasteiger partial charge in [0.05, 0.1) is 11.2 Å². The predicted molar refractivity (Wildman–Crippen MR) is 127 cm³/mol. The molecule has 2 atom stereocenters. The zero-order valence-electron chi connectivity index (χ0n) is 18.7. The third kappa shape index (κ3) is 3.38. The third-order valence-electron chi connectivity index (χ3n) is 7.38. The molecule has 3 heterocycles. The number of aryl methyl sites for hydroxylation is 1. The average Bonchev–Trinajstić information content (AvgIpc) is 3.05. The van der Waals surface area contributed by atoms with Gasteiger partial charge in [0.15, 0.2) is 0 Å². The maximum Gasteiger partial charge on any atom is 0.253 e. The number of anilines is 1. The van der Waals surface area contributed by atoms with Gasteiger partial charge in [-0.25, -0.2) is 0 Å². The van der Waals surface area contributed by atoms with Gasteiger partial charge < -0.3 is 9.80 Å². The maximum absolute atomic E-state index is 13.1. The quantitative estimate of drug-likeness (QED) is 0.576. The second-order valence-corrected chi connectivity index (χ2v) is 9.09.